The van der Waals surface area contributed by atoms with Crippen LogP contribution in [0.25, 0.3) is 44.7 Å². The largest absolute Gasteiger partial charge is 0.457 e. The van der Waals surface area contributed by atoms with Crippen LogP contribution in [0.3, 0.4) is 0 Å². The van der Waals surface area contributed by atoms with Crippen molar-refractivity contribution in [2.24, 2.45) is 0 Å². The van der Waals surface area contributed by atoms with Crippen molar-refractivity contribution < 1.29 is 4.74 Å². The molecule has 0 spiro atoms. The first-order valence-corrected chi connectivity index (χ1v) is 16.3. The van der Waals surface area contributed by atoms with E-state index < -0.39 is 5.41 Å². The second kappa shape index (κ2) is 11.5. The first-order valence-electron chi connectivity index (χ1n) is 16.3. The monoisotopic (exact) mass is 614 g/mol. The van der Waals surface area contributed by atoms with E-state index in [1.54, 1.807) is 0 Å². The van der Waals surface area contributed by atoms with Gasteiger partial charge in [0.2, 0.25) is 0 Å². The van der Waals surface area contributed by atoms with Crippen LogP contribution in [0.2, 0.25) is 0 Å². The number of nitrogens with zero attached hydrogens (tertiary/aromatic N) is 2. The summed E-state index contributed by atoms with van der Waals surface area (Å²) in [4.78, 5) is 10.6. The quantitative estimate of drug-likeness (QED) is 0.193. The lowest BCUT2D eigenvalue weighted by molar-refractivity contribution is 0.434. The number of benzene rings is 7. The fourth-order valence-electron chi connectivity index (χ4n) is 7.31. The molecule has 226 valence electrons. The first kappa shape index (κ1) is 27.9. The molecule has 3 heteroatoms. The van der Waals surface area contributed by atoms with Gasteiger partial charge in [0.25, 0.3) is 0 Å². The maximum Gasteiger partial charge on any atom is 0.160 e. The summed E-state index contributed by atoms with van der Waals surface area (Å²) in [6.07, 6.45) is 0. The normalized spacial score (nSPS) is 12.9. The molecule has 9 rings (SSSR count). The number of rotatable bonds is 5. The fourth-order valence-corrected chi connectivity index (χ4v) is 7.31. The Morgan fingerprint density at radius 2 is 0.917 bits per heavy atom. The van der Waals surface area contributed by atoms with Gasteiger partial charge in [0, 0.05) is 27.6 Å². The highest BCUT2D eigenvalue weighted by atomic mass is 16.5. The first-order chi connectivity index (χ1) is 23.8. The van der Waals surface area contributed by atoms with Gasteiger partial charge in [-0.05, 0) is 40.5 Å². The predicted molar refractivity (Wildman–Crippen MR) is 194 cm³/mol. The van der Waals surface area contributed by atoms with Crippen LogP contribution in [0.1, 0.15) is 22.3 Å². The highest BCUT2D eigenvalue weighted by Crippen LogP contribution is 2.56. The molecule has 3 nitrogen and oxygen atoms in total. The maximum absolute atomic E-state index is 6.57. The molecule has 0 N–H and O–H groups in total. The van der Waals surface area contributed by atoms with Crippen molar-refractivity contribution in [3.05, 3.63) is 204 Å². The summed E-state index contributed by atoms with van der Waals surface area (Å²) in [5.74, 6) is 2.37. The number of hydrogen-bond donors (Lipinski definition) is 0. The Bertz CT molecular complexity index is 2370. The van der Waals surface area contributed by atoms with Crippen molar-refractivity contribution in [1.82, 2.24) is 9.97 Å². The average Bonchev–Trinajstić information content (AvgIpc) is 3.17. The van der Waals surface area contributed by atoms with Crippen molar-refractivity contribution in [2.75, 3.05) is 0 Å². The van der Waals surface area contributed by atoms with Gasteiger partial charge < -0.3 is 4.74 Å². The van der Waals surface area contributed by atoms with Crippen LogP contribution in [-0.4, -0.2) is 9.97 Å². The molecule has 0 saturated heterocycles. The molecule has 0 radical (unpaired) electrons. The summed E-state index contributed by atoms with van der Waals surface area (Å²) in [5.41, 5.74) is 9.92. The fraction of sp³-hybridized carbons (Fsp3) is 0.0222. The number of fused-ring (bicyclic) bond motifs is 3. The van der Waals surface area contributed by atoms with Crippen LogP contribution < -0.4 is 4.74 Å². The number of para-hydroxylation sites is 3. The average molecular weight is 615 g/mol. The zero-order valence-corrected chi connectivity index (χ0v) is 26.1. The molecule has 0 bridgehead atoms. The molecule has 0 saturated carbocycles. The standard InChI is InChI=1S/C45H30N2O/c1-3-15-31(16-4-1)32-27-29-33(30-28-32)43-36-20-8-12-24-40(36)46-44(47-43)35-19-7-9-21-37(35)45(34-17-5-2-6-18-34)38-22-10-13-25-41(38)48-42-26-14-11-23-39(42)45/h1-30H. The minimum atomic E-state index is -0.685. The van der Waals surface area contributed by atoms with Crippen LogP contribution in [0.5, 0.6) is 11.5 Å². The molecular formula is C45H30N2O. The lowest BCUT2D eigenvalue weighted by Crippen LogP contribution is -2.34. The Morgan fingerprint density at radius 1 is 0.396 bits per heavy atom. The van der Waals surface area contributed by atoms with E-state index in [0.29, 0.717) is 5.82 Å². The lowest BCUT2D eigenvalue weighted by Gasteiger charge is -2.42. The summed E-state index contributed by atoms with van der Waals surface area (Å²) in [5, 5.41) is 1.02. The number of hydrogen-bond acceptors (Lipinski definition) is 3. The van der Waals surface area contributed by atoms with Crippen LogP contribution >= 0.6 is 0 Å². The van der Waals surface area contributed by atoms with Gasteiger partial charge in [0.05, 0.1) is 16.6 Å². The van der Waals surface area contributed by atoms with E-state index in [1.807, 2.05) is 24.3 Å². The van der Waals surface area contributed by atoms with Crippen molar-refractivity contribution in [3.8, 4) is 45.3 Å². The summed E-state index contributed by atoms with van der Waals surface area (Å²) >= 11 is 0. The summed E-state index contributed by atoms with van der Waals surface area (Å²) in [7, 11) is 0. The molecule has 0 aliphatic carbocycles. The van der Waals surface area contributed by atoms with Crippen LogP contribution in [0, 0.1) is 0 Å². The zero-order valence-electron chi connectivity index (χ0n) is 26.1. The smallest absolute Gasteiger partial charge is 0.160 e. The van der Waals surface area contributed by atoms with Crippen molar-refractivity contribution in [3.63, 3.8) is 0 Å². The van der Waals surface area contributed by atoms with Crippen molar-refractivity contribution in [2.45, 2.75) is 5.41 Å². The molecule has 7 aromatic carbocycles. The van der Waals surface area contributed by atoms with E-state index in [4.69, 9.17) is 14.7 Å². The van der Waals surface area contributed by atoms with Gasteiger partial charge in [-0.25, -0.2) is 9.97 Å². The second-order valence-corrected chi connectivity index (χ2v) is 12.1. The Morgan fingerprint density at radius 3 is 1.62 bits per heavy atom. The minimum absolute atomic E-state index is 0.684. The highest BCUT2D eigenvalue weighted by Gasteiger charge is 2.46. The van der Waals surface area contributed by atoms with E-state index in [2.05, 4.69) is 158 Å². The lowest BCUT2D eigenvalue weighted by atomic mass is 9.62. The topological polar surface area (TPSA) is 35.0 Å². The molecule has 0 atom stereocenters. The molecular weight excluding hydrogens is 585 g/mol. The predicted octanol–water partition coefficient (Wildman–Crippen LogP) is 11.1. The van der Waals surface area contributed by atoms with Gasteiger partial charge in [-0.2, -0.15) is 0 Å². The molecule has 1 aliphatic heterocycles. The van der Waals surface area contributed by atoms with Gasteiger partial charge in [-0.15, -0.1) is 0 Å². The van der Waals surface area contributed by atoms with Gasteiger partial charge in [0.1, 0.15) is 11.5 Å². The number of ether oxygens (including phenoxy) is 1. The van der Waals surface area contributed by atoms with E-state index >= 15 is 0 Å². The van der Waals surface area contributed by atoms with E-state index in [-0.39, 0.29) is 0 Å². The molecule has 48 heavy (non-hydrogen) atoms. The third-order valence-electron chi connectivity index (χ3n) is 9.45. The molecule has 1 aromatic heterocycles. The van der Waals surface area contributed by atoms with Crippen LogP contribution in [-0.2, 0) is 5.41 Å². The van der Waals surface area contributed by atoms with Gasteiger partial charge >= 0.3 is 0 Å². The van der Waals surface area contributed by atoms with Gasteiger partial charge in [-0.1, -0.05) is 164 Å². The Balaban J connectivity index is 1.31. The summed E-state index contributed by atoms with van der Waals surface area (Å²) in [6, 6.07) is 63.6. The summed E-state index contributed by atoms with van der Waals surface area (Å²) in [6.45, 7) is 0. The third-order valence-corrected chi connectivity index (χ3v) is 9.45. The van der Waals surface area contributed by atoms with Crippen LogP contribution in [0.4, 0.5) is 0 Å². The minimum Gasteiger partial charge on any atom is -0.457 e. The van der Waals surface area contributed by atoms with Crippen molar-refractivity contribution >= 4 is 10.9 Å². The molecule has 0 unspecified atom stereocenters. The molecule has 2 heterocycles. The van der Waals surface area contributed by atoms with Gasteiger partial charge in [-0.3, -0.25) is 0 Å². The molecule has 0 amide bonds. The highest BCUT2D eigenvalue weighted by molar-refractivity contribution is 5.94. The Labute approximate surface area is 279 Å². The molecule has 8 aromatic rings. The maximum atomic E-state index is 6.57. The molecule has 1 aliphatic rings. The van der Waals surface area contributed by atoms with E-state index in [0.717, 1.165) is 61.5 Å². The van der Waals surface area contributed by atoms with E-state index in [9.17, 15) is 0 Å². The van der Waals surface area contributed by atoms with Gasteiger partial charge in [0.15, 0.2) is 5.82 Å². The SMILES string of the molecule is c1ccc(-c2ccc(-c3nc(-c4ccccc4C4(c5ccccc5)c5ccccc5Oc5ccccc54)nc4ccccc34)cc2)cc1. The van der Waals surface area contributed by atoms with Crippen LogP contribution in [0.15, 0.2) is 182 Å². The second-order valence-electron chi connectivity index (χ2n) is 12.1. The Hall–Kier alpha value is -6.32. The number of aromatic nitrogens is 2. The van der Waals surface area contributed by atoms with Crippen molar-refractivity contribution in [1.29, 1.82) is 0 Å². The van der Waals surface area contributed by atoms with E-state index in [1.165, 1.54) is 11.1 Å². The summed E-state index contributed by atoms with van der Waals surface area (Å²) < 4.78 is 6.57. The Kier molecular flexibility index (Phi) is 6.69. The third kappa shape index (κ3) is 4.44. The molecule has 0 fully saturated rings. The zero-order chi connectivity index (χ0) is 31.9.